The van der Waals surface area contributed by atoms with E-state index < -0.39 is 35.8 Å². The summed E-state index contributed by atoms with van der Waals surface area (Å²) < 4.78 is 0. The van der Waals surface area contributed by atoms with Gasteiger partial charge < -0.3 is 26.2 Å². The number of carbonyl (C=O) groups is 5. The minimum absolute atomic E-state index is 0.0594. The molecule has 2 aliphatic rings. The Morgan fingerprint density at radius 1 is 0.857 bits per heavy atom. The molecule has 0 radical (unpaired) electrons. The lowest BCUT2D eigenvalue weighted by atomic mass is 10.0. The molecule has 12 nitrogen and oxygen atoms in total. The first-order valence-corrected chi connectivity index (χ1v) is 16.8. The molecule has 2 aliphatic heterocycles. The fourth-order valence-electron chi connectivity index (χ4n) is 5.67. The van der Waals surface area contributed by atoms with Crippen LogP contribution in [0.25, 0.3) is 0 Å². The number of nitrogens with zero attached hydrogens (tertiary/aromatic N) is 3. The van der Waals surface area contributed by atoms with Gasteiger partial charge in [-0.15, -0.1) is 0 Å². The van der Waals surface area contributed by atoms with Crippen molar-refractivity contribution in [1.82, 2.24) is 36.1 Å². The van der Waals surface area contributed by atoms with Gasteiger partial charge in [-0.25, -0.2) is 9.97 Å². The molecule has 1 aromatic heterocycles. The Kier molecular flexibility index (Phi) is 13.0. The van der Waals surface area contributed by atoms with E-state index in [9.17, 15) is 24.0 Å². The highest BCUT2D eigenvalue weighted by molar-refractivity contribution is 5.99. The second kappa shape index (κ2) is 17.3. The molecular formula is C37H47N7O5. The number of benzene rings is 2. The van der Waals surface area contributed by atoms with Crippen molar-refractivity contribution in [1.29, 1.82) is 0 Å². The van der Waals surface area contributed by atoms with Gasteiger partial charge >= 0.3 is 0 Å². The zero-order valence-electron chi connectivity index (χ0n) is 28.9. The number of nitrogens with one attached hydrogen (secondary N) is 4. The maximum atomic E-state index is 13.7. The number of fused-ring (bicyclic) bond motifs is 18. The van der Waals surface area contributed by atoms with Crippen LogP contribution in [0.5, 0.6) is 0 Å². The molecular weight excluding hydrogens is 622 g/mol. The van der Waals surface area contributed by atoms with Crippen LogP contribution in [0.2, 0.25) is 0 Å². The van der Waals surface area contributed by atoms with Crippen molar-refractivity contribution in [2.24, 2.45) is 5.92 Å². The maximum Gasteiger partial charge on any atom is 0.272 e. The predicted molar refractivity (Wildman–Crippen MR) is 185 cm³/mol. The van der Waals surface area contributed by atoms with E-state index in [2.05, 4.69) is 31.2 Å². The van der Waals surface area contributed by atoms with Crippen LogP contribution in [0, 0.1) is 19.8 Å². The van der Waals surface area contributed by atoms with E-state index >= 15 is 0 Å². The molecule has 12 heteroatoms. The molecule has 0 spiro atoms. The molecule has 4 N–H and O–H groups in total. The van der Waals surface area contributed by atoms with E-state index in [1.165, 1.54) is 0 Å². The van der Waals surface area contributed by atoms with E-state index in [4.69, 9.17) is 0 Å². The van der Waals surface area contributed by atoms with Gasteiger partial charge in [0.25, 0.3) is 11.8 Å². The Balaban J connectivity index is 1.63. The van der Waals surface area contributed by atoms with Crippen molar-refractivity contribution in [3.63, 3.8) is 0 Å². The maximum absolute atomic E-state index is 13.7. The molecule has 0 aliphatic carbocycles. The number of aromatic nitrogens is 2. The number of amides is 5. The first-order valence-electron chi connectivity index (χ1n) is 16.8. The van der Waals surface area contributed by atoms with Crippen LogP contribution in [0.3, 0.4) is 0 Å². The molecule has 3 aromatic rings. The second-order valence-electron chi connectivity index (χ2n) is 13.0. The van der Waals surface area contributed by atoms with Crippen molar-refractivity contribution in [2.45, 2.75) is 85.0 Å². The molecule has 0 saturated heterocycles. The molecule has 5 amide bonds. The quantitative estimate of drug-likeness (QED) is 0.304. The van der Waals surface area contributed by atoms with Gasteiger partial charge in [-0.05, 0) is 75.3 Å². The van der Waals surface area contributed by atoms with Crippen molar-refractivity contribution in [3.05, 3.63) is 94.6 Å². The Morgan fingerprint density at radius 2 is 1.55 bits per heavy atom. The Bertz CT molecular complexity index is 1610. The highest BCUT2D eigenvalue weighted by atomic mass is 16.2. The standard InChI is InChI=1S/C37H47N7O5/c1-23(2)19-30-35(47)40-25(4)33(45)38-17-9-10-18-44(37(49)32-20-24(3)39-26(5)41-32)22-28-13-15-29(16-14-28)34(46)42-31(36(48)43-30)21-27-11-7-6-8-12-27/h6-8,11-16,20,23,25,30-31H,9-10,17-19,21-22H2,1-5H3,(H,38,45)(H,40,47)(H,42,46)(H,43,48)/t25-,30+,31-/m1/s1. The summed E-state index contributed by atoms with van der Waals surface area (Å²) in [6.07, 6.45) is 1.72. The molecule has 0 unspecified atom stereocenters. The lowest BCUT2D eigenvalue weighted by Crippen LogP contribution is -2.57. The molecule has 260 valence electrons. The monoisotopic (exact) mass is 669 g/mol. The fraction of sp³-hybridized carbons (Fsp3) is 0.432. The highest BCUT2D eigenvalue weighted by Gasteiger charge is 2.30. The van der Waals surface area contributed by atoms with E-state index in [0.717, 1.165) is 11.1 Å². The summed E-state index contributed by atoms with van der Waals surface area (Å²) >= 11 is 0. The van der Waals surface area contributed by atoms with Crippen molar-refractivity contribution >= 4 is 29.5 Å². The van der Waals surface area contributed by atoms with E-state index in [-0.39, 0.29) is 30.7 Å². The lowest BCUT2D eigenvalue weighted by Gasteiger charge is -2.25. The van der Waals surface area contributed by atoms with Crippen molar-refractivity contribution < 1.29 is 24.0 Å². The Labute approximate surface area is 287 Å². The summed E-state index contributed by atoms with van der Waals surface area (Å²) in [5, 5.41) is 11.3. The fourth-order valence-corrected chi connectivity index (χ4v) is 5.67. The Hall–Kier alpha value is -5.13. The summed E-state index contributed by atoms with van der Waals surface area (Å²) in [5.74, 6) is -1.50. The van der Waals surface area contributed by atoms with E-state index in [1.54, 1.807) is 49.1 Å². The average Bonchev–Trinajstić information content (AvgIpc) is 3.06. The van der Waals surface area contributed by atoms with Crippen LogP contribution in [-0.4, -0.2) is 75.6 Å². The average molecular weight is 670 g/mol. The van der Waals surface area contributed by atoms with Crippen LogP contribution in [-0.2, 0) is 27.3 Å². The molecule has 3 atom stereocenters. The van der Waals surface area contributed by atoms with Gasteiger partial charge in [0, 0.05) is 37.3 Å². The molecule has 0 fully saturated rings. The molecule has 2 bridgehead atoms. The zero-order valence-corrected chi connectivity index (χ0v) is 28.9. The number of rotatable bonds is 5. The van der Waals surface area contributed by atoms with Gasteiger partial charge in [0.05, 0.1) is 0 Å². The van der Waals surface area contributed by atoms with E-state index in [0.29, 0.717) is 55.1 Å². The van der Waals surface area contributed by atoms with Crippen molar-refractivity contribution in [2.75, 3.05) is 13.1 Å². The molecule has 49 heavy (non-hydrogen) atoms. The second-order valence-corrected chi connectivity index (χ2v) is 13.0. The van der Waals surface area contributed by atoms with Crippen LogP contribution < -0.4 is 21.3 Å². The normalized spacial score (nSPS) is 20.1. The third-order valence-electron chi connectivity index (χ3n) is 8.21. The SMILES string of the molecule is Cc1cc(C(=O)N2CCCCNC(=O)[C@@H](C)NC(=O)[C@H](CC(C)C)NC(=O)[C@@H](Cc3ccccc3)NC(=O)c3ccc(cc3)C2)nc(C)n1. The number of hydrogen-bond donors (Lipinski definition) is 4. The number of hydrogen-bond acceptors (Lipinski definition) is 7. The summed E-state index contributed by atoms with van der Waals surface area (Å²) in [6.45, 7) is 10.0. The topological polar surface area (TPSA) is 162 Å². The van der Waals surface area contributed by atoms with Crippen molar-refractivity contribution in [3.8, 4) is 0 Å². The minimum Gasteiger partial charge on any atom is -0.354 e. The van der Waals surface area contributed by atoms with E-state index in [1.807, 2.05) is 51.1 Å². The number of aryl methyl sites for hydroxylation is 2. The third-order valence-corrected chi connectivity index (χ3v) is 8.21. The van der Waals surface area contributed by atoms with Crippen LogP contribution >= 0.6 is 0 Å². The summed E-state index contributed by atoms with van der Waals surface area (Å²) in [6, 6.07) is 15.1. The smallest absolute Gasteiger partial charge is 0.272 e. The first-order chi connectivity index (χ1) is 23.4. The molecule has 2 aromatic carbocycles. The minimum atomic E-state index is -0.986. The number of carbonyl (C=O) groups excluding carboxylic acids is 5. The van der Waals surface area contributed by atoms with Gasteiger partial charge in [-0.1, -0.05) is 56.3 Å². The zero-order chi connectivity index (χ0) is 35.5. The van der Waals surface area contributed by atoms with Crippen LogP contribution in [0.15, 0.2) is 60.7 Å². The van der Waals surface area contributed by atoms with Gasteiger partial charge in [0.1, 0.15) is 29.6 Å². The molecule has 5 rings (SSSR count). The van der Waals surface area contributed by atoms with Gasteiger partial charge in [0.2, 0.25) is 17.7 Å². The summed E-state index contributed by atoms with van der Waals surface area (Å²) in [5.41, 5.74) is 2.96. The summed E-state index contributed by atoms with van der Waals surface area (Å²) in [7, 11) is 0. The van der Waals surface area contributed by atoms with Gasteiger partial charge in [-0.3, -0.25) is 24.0 Å². The molecule has 3 heterocycles. The molecule has 0 saturated carbocycles. The van der Waals surface area contributed by atoms with Gasteiger partial charge in [-0.2, -0.15) is 0 Å². The predicted octanol–water partition coefficient (Wildman–Crippen LogP) is 3.02. The largest absolute Gasteiger partial charge is 0.354 e. The lowest BCUT2D eigenvalue weighted by molar-refractivity contribution is -0.132. The Morgan fingerprint density at radius 3 is 2.22 bits per heavy atom. The third kappa shape index (κ3) is 10.9. The first kappa shape index (κ1) is 36.7. The van der Waals surface area contributed by atoms with Crippen LogP contribution in [0.4, 0.5) is 0 Å². The highest BCUT2D eigenvalue weighted by Crippen LogP contribution is 2.14. The van der Waals surface area contributed by atoms with Crippen LogP contribution in [0.1, 0.15) is 83.5 Å². The summed E-state index contributed by atoms with van der Waals surface area (Å²) in [4.78, 5) is 77.6. The van der Waals surface area contributed by atoms with Gasteiger partial charge in [0.15, 0.2) is 0 Å².